The van der Waals surface area contributed by atoms with Crippen LogP contribution >= 0.6 is 0 Å². The predicted molar refractivity (Wildman–Crippen MR) is 91.2 cm³/mol. The van der Waals surface area contributed by atoms with E-state index in [1.807, 2.05) is 6.07 Å². The van der Waals surface area contributed by atoms with Gasteiger partial charge in [0, 0.05) is 13.0 Å². The summed E-state index contributed by atoms with van der Waals surface area (Å²) in [4.78, 5) is 25.9. The van der Waals surface area contributed by atoms with E-state index in [9.17, 15) is 18.4 Å². The number of benzene rings is 2. The summed E-state index contributed by atoms with van der Waals surface area (Å²) in [6.45, 7) is -0.0116. The molecule has 0 N–H and O–H groups in total. The quantitative estimate of drug-likeness (QED) is 0.784. The molecule has 0 aliphatic carbocycles. The van der Waals surface area contributed by atoms with E-state index in [-0.39, 0.29) is 6.54 Å². The molecule has 6 heteroatoms. The number of hydrogen-bond donors (Lipinski definition) is 0. The van der Waals surface area contributed by atoms with Crippen LogP contribution in [0.15, 0.2) is 60.7 Å². The van der Waals surface area contributed by atoms with Crippen LogP contribution in [0, 0.1) is 5.92 Å². The minimum Gasteiger partial charge on any atom is -0.469 e. The smallest absolute Gasteiger partial charge is 0.325 e. The number of likely N-dealkylation sites (tertiary alicyclic amines) is 1. The number of carbonyl (C=O) groups is 2. The van der Waals surface area contributed by atoms with Crippen LogP contribution in [0.5, 0.6) is 0 Å². The highest BCUT2D eigenvalue weighted by atomic mass is 19.3. The average molecular weight is 359 g/mol. The van der Waals surface area contributed by atoms with Crippen molar-refractivity contribution in [3.05, 3.63) is 71.8 Å². The van der Waals surface area contributed by atoms with Crippen LogP contribution in [-0.4, -0.2) is 29.8 Å². The zero-order valence-corrected chi connectivity index (χ0v) is 14.3. The maximum absolute atomic E-state index is 14.4. The third kappa shape index (κ3) is 3.45. The molecule has 2 aromatic rings. The van der Waals surface area contributed by atoms with Crippen LogP contribution in [0.2, 0.25) is 0 Å². The zero-order valence-electron chi connectivity index (χ0n) is 14.3. The molecule has 1 aliphatic heterocycles. The lowest BCUT2D eigenvalue weighted by molar-refractivity contribution is -0.182. The van der Waals surface area contributed by atoms with Crippen molar-refractivity contribution in [3.63, 3.8) is 0 Å². The number of methoxy groups -OCH3 is 1. The Morgan fingerprint density at radius 3 is 2.27 bits per heavy atom. The van der Waals surface area contributed by atoms with Gasteiger partial charge in [0.1, 0.15) is 0 Å². The van der Waals surface area contributed by atoms with Gasteiger partial charge in [-0.3, -0.25) is 9.59 Å². The minimum absolute atomic E-state index is 0.0116. The molecule has 0 unspecified atom stereocenters. The van der Waals surface area contributed by atoms with E-state index in [4.69, 9.17) is 4.74 Å². The normalized spacial score (nSPS) is 22.1. The highest BCUT2D eigenvalue weighted by Gasteiger charge is 2.55. The first-order valence-electron chi connectivity index (χ1n) is 8.29. The van der Waals surface area contributed by atoms with Gasteiger partial charge >= 0.3 is 11.9 Å². The molecule has 0 radical (unpaired) electrons. The van der Waals surface area contributed by atoms with Gasteiger partial charge < -0.3 is 9.64 Å². The minimum atomic E-state index is -3.61. The number of ether oxygens (including phenoxy) is 1. The van der Waals surface area contributed by atoms with Gasteiger partial charge in [-0.15, -0.1) is 0 Å². The highest BCUT2D eigenvalue weighted by molar-refractivity contribution is 5.88. The second-order valence-corrected chi connectivity index (χ2v) is 6.31. The Morgan fingerprint density at radius 1 is 1.12 bits per heavy atom. The molecule has 0 saturated carbocycles. The molecule has 136 valence electrons. The van der Waals surface area contributed by atoms with Crippen molar-refractivity contribution in [1.29, 1.82) is 0 Å². The van der Waals surface area contributed by atoms with Crippen molar-refractivity contribution in [3.8, 4) is 0 Å². The maximum atomic E-state index is 14.4. The largest absolute Gasteiger partial charge is 0.469 e. The lowest BCUT2D eigenvalue weighted by Crippen LogP contribution is -2.55. The van der Waals surface area contributed by atoms with Crippen molar-refractivity contribution >= 4 is 11.9 Å². The lowest BCUT2D eigenvalue weighted by Gasteiger charge is -2.43. The monoisotopic (exact) mass is 359 g/mol. The van der Waals surface area contributed by atoms with E-state index in [1.165, 1.54) is 7.11 Å². The summed E-state index contributed by atoms with van der Waals surface area (Å²) in [6, 6.07) is 16.8. The Labute approximate surface area is 150 Å². The molecule has 0 bridgehead atoms. The molecule has 2 atom stereocenters. The number of carbonyl (C=O) groups excluding carboxylic acids is 2. The van der Waals surface area contributed by atoms with Gasteiger partial charge in [0.05, 0.1) is 19.1 Å². The van der Waals surface area contributed by atoms with Gasteiger partial charge in [-0.1, -0.05) is 60.7 Å². The average Bonchev–Trinajstić information content (AvgIpc) is 2.66. The second-order valence-electron chi connectivity index (χ2n) is 6.31. The summed E-state index contributed by atoms with van der Waals surface area (Å²) in [5, 5.41) is 0. The molecule has 4 nitrogen and oxygen atoms in total. The third-order valence-corrected chi connectivity index (χ3v) is 4.61. The highest BCUT2D eigenvalue weighted by Crippen LogP contribution is 2.44. The van der Waals surface area contributed by atoms with Gasteiger partial charge in [0.2, 0.25) is 0 Å². The van der Waals surface area contributed by atoms with E-state index >= 15 is 0 Å². The Kier molecular flexibility index (Phi) is 5.02. The van der Waals surface area contributed by atoms with Crippen LogP contribution in [0.3, 0.4) is 0 Å². The van der Waals surface area contributed by atoms with Crippen LogP contribution in [0.4, 0.5) is 8.78 Å². The molecule has 1 aliphatic rings. The van der Waals surface area contributed by atoms with Crippen molar-refractivity contribution < 1.29 is 23.1 Å². The van der Waals surface area contributed by atoms with Crippen molar-refractivity contribution in [2.24, 2.45) is 5.92 Å². The van der Waals surface area contributed by atoms with Gasteiger partial charge in [-0.25, -0.2) is 0 Å². The number of rotatable bonds is 4. The first kappa shape index (κ1) is 18.0. The van der Waals surface area contributed by atoms with Gasteiger partial charge in [0.15, 0.2) is 0 Å². The van der Waals surface area contributed by atoms with Crippen LogP contribution in [0.25, 0.3) is 0 Å². The number of alkyl halides is 2. The molecular formula is C20H19F2NO3. The van der Waals surface area contributed by atoms with E-state index in [2.05, 4.69) is 0 Å². The molecule has 0 spiro atoms. The topological polar surface area (TPSA) is 46.6 Å². The first-order valence-corrected chi connectivity index (χ1v) is 8.29. The summed E-state index contributed by atoms with van der Waals surface area (Å²) >= 11 is 0. The number of esters is 1. The van der Waals surface area contributed by atoms with Gasteiger partial charge in [0.25, 0.3) is 5.91 Å². The van der Waals surface area contributed by atoms with Crippen molar-refractivity contribution in [2.75, 3.05) is 7.11 Å². The molecule has 1 heterocycles. The Hall–Kier alpha value is -2.76. The maximum Gasteiger partial charge on any atom is 0.325 e. The summed E-state index contributed by atoms with van der Waals surface area (Å²) < 4.78 is 33.5. The Morgan fingerprint density at radius 2 is 1.69 bits per heavy atom. The molecule has 0 aromatic heterocycles. The number of halogens is 2. The van der Waals surface area contributed by atoms with E-state index in [0.29, 0.717) is 11.1 Å². The first-order chi connectivity index (χ1) is 12.4. The zero-order chi connectivity index (χ0) is 18.7. The molecule has 1 saturated heterocycles. The fraction of sp³-hybridized carbons (Fsp3) is 0.300. The number of amides is 1. The summed E-state index contributed by atoms with van der Waals surface area (Å²) in [5.41, 5.74) is 1.34. The van der Waals surface area contributed by atoms with Gasteiger partial charge in [-0.05, 0) is 11.1 Å². The van der Waals surface area contributed by atoms with Crippen molar-refractivity contribution in [2.45, 2.75) is 24.9 Å². The van der Waals surface area contributed by atoms with Crippen molar-refractivity contribution in [1.82, 2.24) is 4.90 Å². The molecule has 2 aromatic carbocycles. The molecule has 3 rings (SSSR count). The Bertz CT molecular complexity index is 780. The Balaban J connectivity index is 2.07. The molecule has 1 fully saturated rings. The van der Waals surface area contributed by atoms with Gasteiger partial charge in [-0.2, -0.15) is 8.78 Å². The molecule has 1 amide bonds. The number of hydrogen-bond acceptors (Lipinski definition) is 3. The fourth-order valence-corrected chi connectivity index (χ4v) is 3.41. The SMILES string of the molecule is COC(=O)[C@@H]1CC(F)(F)C(=O)N(Cc2ccccc2)[C@H]1c1ccccc1. The fourth-order valence-electron chi connectivity index (χ4n) is 3.41. The van der Waals surface area contributed by atoms with Crippen LogP contribution in [0.1, 0.15) is 23.6 Å². The summed E-state index contributed by atoms with van der Waals surface area (Å²) in [5.74, 6) is -6.77. The summed E-state index contributed by atoms with van der Waals surface area (Å²) in [6.07, 6.45) is -0.858. The van der Waals surface area contributed by atoms with E-state index in [0.717, 1.165) is 4.90 Å². The van der Waals surface area contributed by atoms with Crippen LogP contribution < -0.4 is 0 Å². The molecule has 26 heavy (non-hydrogen) atoms. The second kappa shape index (κ2) is 7.23. The third-order valence-electron chi connectivity index (χ3n) is 4.61. The van der Waals surface area contributed by atoms with E-state index in [1.54, 1.807) is 54.6 Å². The number of piperidine rings is 1. The molecular weight excluding hydrogens is 340 g/mol. The lowest BCUT2D eigenvalue weighted by atomic mass is 9.82. The number of nitrogens with zero attached hydrogens (tertiary/aromatic N) is 1. The van der Waals surface area contributed by atoms with Crippen LogP contribution in [-0.2, 0) is 20.9 Å². The predicted octanol–water partition coefficient (Wildman–Crippen LogP) is 3.58. The summed E-state index contributed by atoms with van der Waals surface area (Å²) in [7, 11) is 1.17. The standard InChI is InChI=1S/C20H19F2NO3/c1-26-18(24)16-12-20(21,22)19(25)23(13-14-8-4-2-5-9-14)17(16)15-10-6-3-7-11-15/h2-11,16-17H,12-13H2,1H3/t16-,17+/m1/s1. The van der Waals surface area contributed by atoms with E-state index < -0.39 is 36.2 Å².